The van der Waals surface area contributed by atoms with Crippen LogP contribution >= 0.6 is 0 Å². The molecule has 0 spiro atoms. The minimum Gasteiger partial charge on any atom is -0.506 e. The first kappa shape index (κ1) is 29.1. The van der Waals surface area contributed by atoms with Crippen molar-refractivity contribution < 1.29 is 40.2 Å². The van der Waals surface area contributed by atoms with Gasteiger partial charge < -0.3 is 40.2 Å². The van der Waals surface area contributed by atoms with Crippen molar-refractivity contribution in [3.63, 3.8) is 0 Å². The maximum absolute atomic E-state index is 11.2. The predicted octanol–water partition coefficient (Wildman–Crippen LogP) is 9.99. The van der Waals surface area contributed by atoms with Crippen LogP contribution in [0.5, 0.6) is 40.2 Å². The zero-order valence-corrected chi connectivity index (χ0v) is 26.0. The number of rotatable bonds is 3. The van der Waals surface area contributed by atoms with E-state index in [0.717, 1.165) is 65.7 Å². The Hall–Kier alpha value is -7.06. The molecule has 1 heterocycles. The van der Waals surface area contributed by atoms with E-state index in [-0.39, 0.29) is 11.1 Å². The fourth-order valence-corrected chi connectivity index (χ4v) is 7.34. The van der Waals surface area contributed by atoms with Crippen molar-refractivity contribution in [2.45, 2.75) is 0 Å². The van der Waals surface area contributed by atoms with Gasteiger partial charge in [0.25, 0.3) is 0 Å². The first-order valence-corrected chi connectivity index (χ1v) is 15.8. The first-order chi connectivity index (χ1) is 24.2. The Morgan fingerprint density at radius 1 is 0.300 bits per heavy atom. The van der Waals surface area contributed by atoms with Gasteiger partial charge in [-0.1, -0.05) is 97.1 Å². The number of para-hydroxylation sites is 1. The van der Waals surface area contributed by atoms with E-state index in [9.17, 15) is 35.7 Å². The maximum Gasteiger partial charge on any atom is 0.205 e. The van der Waals surface area contributed by atoms with Gasteiger partial charge in [-0.15, -0.1) is 0 Å². The topological polar surface area (TPSA) is 155 Å². The molecule has 7 N–H and O–H groups in total. The summed E-state index contributed by atoms with van der Waals surface area (Å²) in [6, 6.07) is 37.7. The summed E-state index contributed by atoms with van der Waals surface area (Å²) >= 11 is 0. The van der Waals surface area contributed by atoms with Crippen LogP contribution in [0.3, 0.4) is 0 Å². The van der Waals surface area contributed by atoms with Crippen LogP contribution in [-0.4, -0.2) is 35.7 Å². The number of hydrogen-bond acceptors (Lipinski definition) is 8. The minimum absolute atomic E-state index is 0.242. The molecule has 0 aliphatic heterocycles. The summed E-state index contributed by atoms with van der Waals surface area (Å²) in [5.74, 6) is -6.58. The fraction of sp³-hybridized carbons (Fsp3) is 0. The van der Waals surface area contributed by atoms with Gasteiger partial charge in [-0.3, -0.25) is 0 Å². The van der Waals surface area contributed by atoms with Crippen LogP contribution in [0.2, 0.25) is 0 Å². The highest BCUT2D eigenvalue weighted by atomic mass is 16.3. The average Bonchev–Trinajstić information content (AvgIpc) is 3.52. The number of phenolic OH excluding ortho intramolecular Hbond substituents is 7. The first-order valence-electron chi connectivity index (χ1n) is 15.8. The van der Waals surface area contributed by atoms with Gasteiger partial charge in [-0.05, 0) is 67.6 Å². The molecular formula is C42H26O8. The third kappa shape index (κ3) is 3.93. The summed E-state index contributed by atoms with van der Waals surface area (Å²) in [6.45, 7) is 0. The molecular weight excluding hydrogens is 632 g/mol. The fourth-order valence-electron chi connectivity index (χ4n) is 7.34. The van der Waals surface area contributed by atoms with Gasteiger partial charge >= 0.3 is 0 Å². The van der Waals surface area contributed by atoms with Gasteiger partial charge in [0, 0.05) is 10.8 Å². The van der Waals surface area contributed by atoms with Gasteiger partial charge in [0.05, 0.1) is 16.3 Å². The quantitative estimate of drug-likeness (QED) is 0.0562. The van der Waals surface area contributed by atoms with E-state index in [1.807, 2.05) is 60.7 Å². The molecule has 0 amide bonds. The summed E-state index contributed by atoms with van der Waals surface area (Å²) < 4.78 is 6.11. The third-order valence-corrected chi connectivity index (χ3v) is 9.63. The highest BCUT2D eigenvalue weighted by molar-refractivity contribution is 6.22. The Balaban J connectivity index is 1.25. The normalized spacial score (nSPS) is 11.8. The van der Waals surface area contributed by atoms with Crippen LogP contribution in [0.4, 0.5) is 0 Å². The average molecular weight is 659 g/mol. The van der Waals surface area contributed by atoms with Crippen molar-refractivity contribution in [1.82, 2.24) is 0 Å². The second-order valence-electron chi connectivity index (χ2n) is 12.3. The Bertz CT molecular complexity index is 2830. The number of benzene rings is 8. The third-order valence-electron chi connectivity index (χ3n) is 9.63. The summed E-state index contributed by atoms with van der Waals surface area (Å²) in [7, 11) is 0. The number of furan rings is 1. The molecule has 0 bridgehead atoms. The van der Waals surface area contributed by atoms with Crippen molar-refractivity contribution in [3.05, 3.63) is 115 Å². The van der Waals surface area contributed by atoms with Gasteiger partial charge in [-0.2, -0.15) is 0 Å². The lowest BCUT2D eigenvalue weighted by atomic mass is 9.85. The molecule has 8 heteroatoms. The number of phenols is 7. The number of aromatic hydroxyl groups is 7. The second-order valence-corrected chi connectivity index (χ2v) is 12.3. The summed E-state index contributed by atoms with van der Waals surface area (Å²) in [5.41, 5.74) is 5.64. The van der Waals surface area contributed by atoms with Crippen molar-refractivity contribution in [3.8, 4) is 73.6 Å². The molecule has 242 valence electrons. The van der Waals surface area contributed by atoms with Crippen LogP contribution in [0, 0.1) is 0 Å². The molecule has 0 unspecified atom stereocenters. The monoisotopic (exact) mass is 658 g/mol. The molecule has 0 aliphatic carbocycles. The van der Waals surface area contributed by atoms with E-state index in [1.54, 1.807) is 12.1 Å². The molecule has 8 aromatic carbocycles. The van der Waals surface area contributed by atoms with Crippen molar-refractivity contribution in [1.29, 1.82) is 0 Å². The Kier molecular flexibility index (Phi) is 6.09. The molecule has 0 aliphatic rings. The van der Waals surface area contributed by atoms with Crippen LogP contribution in [-0.2, 0) is 0 Å². The van der Waals surface area contributed by atoms with Gasteiger partial charge in [-0.25, -0.2) is 0 Å². The van der Waals surface area contributed by atoms with E-state index in [4.69, 9.17) is 4.42 Å². The van der Waals surface area contributed by atoms with E-state index >= 15 is 0 Å². The van der Waals surface area contributed by atoms with E-state index < -0.39 is 51.0 Å². The molecule has 50 heavy (non-hydrogen) atoms. The molecule has 0 saturated heterocycles. The van der Waals surface area contributed by atoms with Crippen molar-refractivity contribution >= 4 is 54.3 Å². The van der Waals surface area contributed by atoms with Crippen LogP contribution in [0.25, 0.3) is 87.6 Å². The molecule has 0 saturated carbocycles. The van der Waals surface area contributed by atoms with Gasteiger partial charge in [0.2, 0.25) is 11.5 Å². The summed E-state index contributed by atoms with van der Waals surface area (Å²) in [5, 5.41) is 79.0. The summed E-state index contributed by atoms with van der Waals surface area (Å²) in [4.78, 5) is 0. The maximum atomic E-state index is 11.2. The molecule has 8 nitrogen and oxygen atoms in total. The Labute approximate surface area is 282 Å². The lowest BCUT2D eigenvalue weighted by molar-refractivity contribution is 0.347. The largest absolute Gasteiger partial charge is 0.506 e. The molecule has 1 aromatic heterocycles. The van der Waals surface area contributed by atoms with E-state index in [0.29, 0.717) is 0 Å². The SMILES string of the molecule is Oc1c(O)c(O)c2c(O)c(-c3ccc(-c4c5ccccc5c(-c5ccc6oc7ccccc7c6c5)c5ccccc45)cc3)c(O)c(O)c2c1O. The predicted molar refractivity (Wildman–Crippen MR) is 194 cm³/mol. The summed E-state index contributed by atoms with van der Waals surface area (Å²) in [6.07, 6.45) is 0. The second kappa shape index (κ2) is 10.5. The minimum atomic E-state index is -1.11. The van der Waals surface area contributed by atoms with Crippen molar-refractivity contribution in [2.75, 3.05) is 0 Å². The van der Waals surface area contributed by atoms with Crippen LogP contribution < -0.4 is 0 Å². The Morgan fingerprint density at radius 2 is 0.700 bits per heavy atom. The highest BCUT2D eigenvalue weighted by Crippen LogP contribution is 2.59. The standard InChI is InChI=1S/C42H26O8/c43-36-33(37(44)38(45)35-34(36)39(46)41(48)42(49)40(35)47)21-15-13-20(14-16-21)31-24-8-1-3-10-26(24)32(27-11-4-2-9-25(27)31)22-17-18-30-28(19-22)23-7-5-6-12-29(23)50-30/h1-19,43-49H. The van der Waals surface area contributed by atoms with E-state index in [1.165, 1.54) is 0 Å². The smallest absolute Gasteiger partial charge is 0.205 e. The zero-order chi connectivity index (χ0) is 34.4. The van der Waals surface area contributed by atoms with Crippen molar-refractivity contribution in [2.24, 2.45) is 0 Å². The molecule has 9 rings (SSSR count). The van der Waals surface area contributed by atoms with Crippen LogP contribution in [0.15, 0.2) is 120 Å². The van der Waals surface area contributed by atoms with Gasteiger partial charge in [0.15, 0.2) is 23.0 Å². The lowest BCUT2D eigenvalue weighted by Gasteiger charge is -2.19. The highest BCUT2D eigenvalue weighted by Gasteiger charge is 2.29. The molecule has 0 fully saturated rings. The molecule has 9 aromatic rings. The van der Waals surface area contributed by atoms with E-state index in [2.05, 4.69) is 42.5 Å². The lowest BCUT2D eigenvalue weighted by Crippen LogP contribution is -1.91. The molecule has 0 atom stereocenters. The number of hydrogen-bond donors (Lipinski definition) is 7. The Morgan fingerprint density at radius 3 is 1.26 bits per heavy atom. The van der Waals surface area contributed by atoms with Gasteiger partial charge in [0.1, 0.15) is 16.9 Å². The zero-order valence-electron chi connectivity index (χ0n) is 26.0. The number of fused-ring (bicyclic) bond motifs is 6. The molecule has 0 radical (unpaired) electrons. The van der Waals surface area contributed by atoms with Crippen LogP contribution in [0.1, 0.15) is 0 Å².